The fraction of sp³-hybridized carbons (Fsp3) is 0.190. The van der Waals surface area contributed by atoms with Crippen LogP contribution in [0.3, 0.4) is 0 Å². The number of aromatic nitrogens is 1. The van der Waals surface area contributed by atoms with Crippen molar-refractivity contribution in [2.45, 2.75) is 19.8 Å². The van der Waals surface area contributed by atoms with Gasteiger partial charge in [0.25, 0.3) is 0 Å². The minimum absolute atomic E-state index is 0.0644. The van der Waals surface area contributed by atoms with Gasteiger partial charge in [0, 0.05) is 18.9 Å². The molecule has 0 atom stereocenters. The summed E-state index contributed by atoms with van der Waals surface area (Å²) >= 11 is 1.21. The predicted octanol–water partition coefficient (Wildman–Crippen LogP) is 4.13. The van der Waals surface area contributed by atoms with Gasteiger partial charge in [-0.2, -0.15) is 0 Å². The van der Waals surface area contributed by atoms with Gasteiger partial charge in [0.15, 0.2) is 10.9 Å². The molecule has 1 aromatic heterocycles. The van der Waals surface area contributed by atoms with Crippen molar-refractivity contribution in [1.82, 2.24) is 4.98 Å². The SMILES string of the molecule is CC(=O)c1sc(NC(=O)Cc2ccc3c(c2)CCO3)nc1-c1ccccc1. The first-order valence-corrected chi connectivity index (χ1v) is 9.53. The van der Waals surface area contributed by atoms with Gasteiger partial charge in [0.2, 0.25) is 5.91 Å². The van der Waals surface area contributed by atoms with Gasteiger partial charge in [-0.15, -0.1) is 0 Å². The van der Waals surface area contributed by atoms with Crippen LogP contribution < -0.4 is 10.1 Å². The van der Waals surface area contributed by atoms with Crippen LogP contribution in [0.5, 0.6) is 5.75 Å². The van der Waals surface area contributed by atoms with E-state index in [0.29, 0.717) is 22.3 Å². The van der Waals surface area contributed by atoms with Crippen molar-refractivity contribution in [3.63, 3.8) is 0 Å². The molecule has 0 saturated heterocycles. The molecule has 27 heavy (non-hydrogen) atoms. The van der Waals surface area contributed by atoms with E-state index in [2.05, 4.69) is 10.3 Å². The first-order valence-electron chi connectivity index (χ1n) is 8.72. The number of thiazole rings is 1. The lowest BCUT2D eigenvalue weighted by Gasteiger charge is -2.04. The van der Waals surface area contributed by atoms with E-state index in [1.165, 1.54) is 18.3 Å². The van der Waals surface area contributed by atoms with Gasteiger partial charge >= 0.3 is 0 Å². The number of ketones is 1. The molecule has 1 N–H and O–H groups in total. The predicted molar refractivity (Wildman–Crippen MR) is 106 cm³/mol. The molecule has 136 valence electrons. The topological polar surface area (TPSA) is 68.3 Å². The normalized spacial score (nSPS) is 12.3. The summed E-state index contributed by atoms with van der Waals surface area (Å²) in [6, 6.07) is 15.3. The number of nitrogens with zero attached hydrogens (tertiary/aromatic N) is 1. The number of carbonyl (C=O) groups is 2. The minimum Gasteiger partial charge on any atom is -0.493 e. The number of carbonyl (C=O) groups excluding carboxylic acids is 2. The number of amides is 1. The fourth-order valence-corrected chi connectivity index (χ4v) is 4.00. The highest BCUT2D eigenvalue weighted by Gasteiger charge is 2.18. The zero-order valence-corrected chi connectivity index (χ0v) is 15.6. The zero-order chi connectivity index (χ0) is 18.8. The lowest BCUT2D eigenvalue weighted by atomic mass is 10.1. The van der Waals surface area contributed by atoms with E-state index in [9.17, 15) is 9.59 Å². The quantitative estimate of drug-likeness (QED) is 0.678. The highest BCUT2D eigenvalue weighted by molar-refractivity contribution is 7.18. The van der Waals surface area contributed by atoms with Crippen LogP contribution in [0.25, 0.3) is 11.3 Å². The first kappa shape index (κ1) is 17.4. The second-order valence-electron chi connectivity index (χ2n) is 6.38. The Bertz CT molecular complexity index is 1010. The Balaban J connectivity index is 1.52. The van der Waals surface area contributed by atoms with E-state index < -0.39 is 0 Å². The Morgan fingerprint density at radius 3 is 2.78 bits per heavy atom. The summed E-state index contributed by atoms with van der Waals surface area (Å²) in [5.41, 5.74) is 3.54. The van der Waals surface area contributed by atoms with Crippen molar-refractivity contribution in [3.8, 4) is 17.0 Å². The van der Waals surface area contributed by atoms with Gasteiger partial charge < -0.3 is 10.1 Å². The van der Waals surface area contributed by atoms with Gasteiger partial charge in [-0.1, -0.05) is 53.8 Å². The largest absolute Gasteiger partial charge is 0.493 e. The van der Waals surface area contributed by atoms with Crippen molar-refractivity contribution >= 4 is 28.2 Å². The van der Waals surface area contributed by atoms with Crippen molar-refractivity contribution < 1.29 is 14.3 Å². The Morgan fingerprint density at radius 1 is 1.19 bits per heavy atom. The Labute approximate surface area is 161 Å². The Hall–Kier alpha value is -2.99. The standard InChI is InChI=1S/C21H18N2O3S/c1-13(24)20-19(15-5-3-2-4-6-15)23-21(27-20)22-18(25)12-14-7-8-17-16(11-14)9-10-26-17/h2-8,11H,9-10,12H2,1H3,(H,22,23,25). The maximum atomic E-state index is 12.4. The summed E-state index contributed by atoms with van der Waals surface area (Å²) in [6.45, 7) is 2.21. The van der Waals surface area contributed by atoms with E-state index >= 15 is 0 Å². The number of Topliss-reactive ketones (excluding diaryl/α,β-unsaturated/α-hetero) is 1. The molecule has 1 amide bonds. The number of fused-ring (bicyclic) bond motifs is 1. The number of ether oxygens (including phenoxy) is 1. The number of nitrogens with one attached hydrogen (secondary N) is 1. The van der Waals surface area contributed by atoms with Crippen molar-refractivity contribution in [3.05, 3.63) is 64.5 Å². The highest BCUT2D eigenvalue weighted by atomic mass is 32.1. The van der Waals surface area contributed by atoms with Crippen LogP contribution in [0.2, 0.25) is 0 Å². The molecule has 1 aliphatic rings. The number of hydrogen-bond acceptors (Lipinski definition) is 5. The van der Waals surface area contributed by atoms with Crippen molar-refractivity contribution in [2.24, 2.45) is 0 Å². The molecule has 0 aliphatic carbocycles. The summed E-state index contributed by atoms with van der Waals surface area (Å²) in [5.74, 6) is 0.681. The van der Waals surface area contributed by atoms with Gasteiger partial charge in [-0.25, -0.2) is 4.98 Å². The second kappa shape index (κ2) is 7.32. The summed E-state index contributed by atoms with van der Waals surface area (Å²) in [4.78, 5) is 29.5. The van der Waals surface area contributed by atoms with Crippen LogP contribution in [-0.4, -0.2) is 23.3 Å². The molecule has 4 rings (SSSR count). The van der Waals surface area contributed by atoms with Crippen molar-refractivity contribution in [1.29, 1.82) is 0 Å². The van der Waals surface area contributed by atoms with E-state index in [0.717, 1.165) is 28.9 Å². The van der Waals surface area contributed by atoms with E-state index in [4.69, 9.17) is 4.74 Å². The number of benzene rings is 2. The molecule has 5 nitrogen and oxygen atoms in total. The van der Waals surface area contributed by atoms with Crippen LogP contribution in [0.1, 0.15) is 27.7 Å². The van der Waals surface area contributed by atoms with E-state index in [-0.39, 0.29) is 18.1 Å². The van der Waals surface area contributed by atoms with Crippen LogP contribution in [0, 0.1) is 0 Å². The van der Waals surface area contributed by atoms with Crippen LogP contribution >= 0.6 is 11.3 Å². The maximum Gasteiger partial charge on any atom is 0.230 e. The molecule has 6 heteroatoms. The number of anilines is 1. The first-order chi connectivity index (χ1) is 13.1. The Morgan fingerprint density at radius 2 is 2.00 bits per heavy atom. The summed E-state index contributed by atoms with van der Waals surface area (Å²) in [6.07, 6.45) is 1.13. The van der Waals surface area contributed by atoms with E-state index in [1.54, 1.807) is 0 Å². The molecule has 3 aromatic rings. The molecule has 0 fully saturated rings. The van der Waals surface area contributed by atoms with E-state index in [1.807, 2.05) is 48.5 Å². The number of rotatable bonds is 5. The van der Waals surface area contributed by atoms with Crippen LogP contribution in [0.4, 0.5) is 5.13 Å². The molecule has 0 unspecified atom stereocenters. The minimum atomic E-state index is -0.155. The van der Waals surface area contributed by atoms with Crippen LogP contribution in [0.15, 0.2) is 48.5 Å². The van der Waals surface area contributed by atoms with Crippen LogP contribution in [-0.2, 0) is 17.6 Å². The molecule has 0 radical (unpaired) electrons. The maximum absolute atomic E-state index is 12.4. The average molecular weight is 378 g/mol. The third-order valence-corrected chi connectivity index (χ3v) is 5.43. The van der Waals surface area contributed by atoms with Gasteiger partial charge in [0.05, 0.1) is 23.6 Å². The Kier molecular flexibility index (Phi) is 4.73. The second-order valence-corrected chi connectivity index (χ2v) is 7.38. The summed E-state index contributed by atoms with van der Waals surface area (Å²) in [5, 5.41) is 3.27. The molecule has 0 spiro atoms. The van der Waals surface area contributed by atoms with Gasteiger partial charge in [0.1, 0.15) is 5.75 Å². The molecule has 0 saturated carbocycles. The fourth-order valence-electron chi connectivity index (χ4n) is 3.10. The molecule has 1 aliphatic heterocycles. The molecule has 2 aromatic carbocycles. The monoisotopic (exact) mass is 378 g/mol. The molecular weight excluding hydrogens is 360 g/mol. The average Bonchev–Trinajstić information content (AvgIpc) is 3.29. The number of hydrogen-bond donors (Lipinski definition) is 1. The summed E-state index contributed by atoms with van der Waals surface area (Å²) in [7, 11) is 0. The zero-order valence-electron chi connectivity index (χ0n) is 14.8. The smallest absolute Gasteiger partial charge is 0.230 e. The van der Waals surface area contributed by atoms with Crippen molar-refractivity contribution in [2.75, 3.05) is 11.9 Å². The molecule has 0 bridgehead atoms. The molecular formula is C21H18N2O3S. The summed E-state index contributed by atoms with van der Waals surface area (Å²) < 4.78 is 5.49. The molecule has 2 heterocycles. The third-order valence-electron chi connectivity index (χ3n) is 4.36. The third kappa shape index (κ3) is 3.75. The van der Waals surface area contributed by atoms with Gasteiger partial charge in [-0.05, 0) is 17.2 Å². The van der Waals surface area contributed by atoms with Gasteiger partial charge in [-0.3, -0.25) is 9.59 Å². The lowest BCUT2D eigenvalue weighted by Crippen LogP contribution is -2.14. The highest BCUT2D eigenvalue weighted by Crippen LogP contribution is 2.32. The lowest BCUT2D eigenvalue weighted by molar-refractivity contribution is -0.115.